The molecule has 0 aliphatic carbocycles. The topological polar surface area (TPSA) is 54.4 Å². The highest BCUT2D eigenvalue weighted by Crippen LogP contribution is 2.30. The second-order valence-electron chi connectivity index (χ2n) is 15.0. The summed E-state index contributed by atoms with van der Waals surface area (Å²) in [5.74, 6) is 0. The number of hydrogen-bond donors (Lipinski definition) is 1. The number of benzene rings is 2. The third kappa shape index (κ3) is 20.3. The van der Waals surface area contributed by atoms with Gasteiger partial charge in [-0.3, -0.25) is 4.55 Å². The van der Waals surface area contributed by atoms with Gasteiger partial charge >= 0.3 is 0 Å². The van der Waals surface area contributed by atoms with Crippen LogP contribution in [-0.4, -0.2) is 13.0 Å². The molecule has 0 heterocycles. The van der Waals surface area contributed by atoms with E-state index in [1.165, 1.54) is 191 Å². The lowest BCUT2D eigenvalue weighted by Gasteiger charge is -2.13. The molecule has 4 heteroatoms. The molecule has 276 valence electrons. The zero-order chi connectivity index (χ0) is 34.5. The molecule has 0 aliphatic rings. The molecule has 48 heavy (non-hydrogen) atoms. The number of fused-ring (bicyclic) bond motifs is 1. The van der Waals surface area contributed by atoms with E-state index >= 15 is 0 Å². The Morgan fingerprint density at radius 2 is 0.792 bits per heavy atom. The molecule has 0 radical (unpaired) electrons. The number of aryl methyl sites for hydroxylation is 2. The van der Waals surface area contributed by atoms with E-state index in [9.17, 15) is 13.0 Å². The summed E-state index contributed by atoms with van der Waals surface area (Å²) in [6, 6.07) is 9.70. The number of unbranched alkanes of at least 4 members (excludes halogenated alkanes) is 28. The summed E-state index contributed by atoms with van der Waals surface area (Å²) in [4.78, 5) is 0.0519. The van der Waals surface area contributed by atoms with Crippen LogP contribution < -0.4 is 0 Å². The van der Waals surface area contributed by atoms with E-state index in [2.05, 4.69) is 19.9 Å². The van der Waals surface area contributed by atoms with Gasteiger partial charge in [-0.2, -0.15) is 8.42 Å². The van der Waals surface area contributed by atoms with Gasteiger partial charge in [0.05, 0.1) is 0 Å². The maximum absolute atomic E-state index is 12.2. The van der Waals surface area contributed by atoms with Gasteiger partial charge < -0.3 is 0 Å². The summed E-state index contributed by atoms with van der Waals surface area (Å²) in [6.45, 7) is 4.57. The number of hydrogen-bond acceptors (Lipinski definition) is 2. The molecular weight excluding hydrogens is 609 g/mol. The van der Waals surface area contributed by atoms with Gasteiger partial charge in [0.25, 0.3) is 10.1 Å². The van der Waals surface area contributed by atoms with Gasteiger partial charge in [-0.25, -0.2) is 0 Å². The minimum Gasteiger partial charge on any atom is -0.282 e. The van der Waals surface area contributed by atoms with Crippen LogP contribution in [0.4, 0.5) is 0 Å². The van der Waals surface area contributed by atoms with Crippen LogP contribution in [-0.2, 0) is 23.0 Å². The Morgan fingerprint density at radius 3 is 1.17 bits per heavy atom. The highest BCUT2D eigenvalue weighted by atomic mass is 32.2. The molecule has 1 N–H and O–H groups in total. The predicted octanol–water partition coefficient (Wildman–Crippen LogP) is 14.9. The summed E-state index contributed by atoms with van der Waals surface area (Å²) in [6.07, 6.45) is 42.6. The van der Waals surface area contributed by atoms with Gasteiger partial charge in [-0.15, -0.1) is 0 Å². The Morgan fingerprint density at radius 1 is 0.438 bits per heavy atom. The van der Waals surface area contributed by atoms with E-state index < -0.39 is 10.1 Å². The molecule has 0 aliphatic heterocycles. The lowest BCUT2D eigenvalue weighted by molar-refractivity contribution is 0.484. The zero-order valence-electron chi connectivity index (χ0n) is 31.7. The first-order valence-corrected chi connectivity index (χ1v) is 22.4. The van der Waals surface area contributed by atoms with Gasteiger partial charge in [0.2, 0.25) is 0 Å². The highest BCUT2D eigenvalue weighted by Gasteiger charge is 2.16. The molecule has 0 unspecified atom stereocenters. The van der Waals surface area contributed by atoms with Crippen molar-refractivity contribution in [2.45, 2.75) is 224 Å². The molecule has 2 rings (SSSR count). The Bertz CT molecular complexity index is 1160. The van der Waals surface area contributed by atoms with E-state index in [1.54, 1.807) is 12.1 Å². The van der Waals surface area contributed by atoms with Crippen molar-refractivity contribution in [2.75, 3.05) is 0 Å². The van der Waals surface area contributed by atoms with Crippen molar-refractivity contribution in [3.8, 4) is 0 Å². The maximum Gasteiger partial charge on any atom is 0.295 e. The van der Waals surface area contributed by atoms with Crippen molar-refractivity contribution in [3.05, 3.63) is 41.5 Å². The van der Waals surface area contributed by atoms with E-state index in [4.69, 9.17) is 0 Å². The van der Waals surface area contributed by atoms with Crippen molar-refractivity contribution < 1.29 is 13.0 Å². The van der Waals surface area contributed by atoms with Crippen molar-refractivity contribution in [2.24, 2.45) is 0 Å². The molecule has 0 spiro atoms. The quantitative estimate of drug-likeness (QED) is 0.0601. The smallest absolute Gasteiger partial charge is 0.282 e. The molecule has 0 bridgehead atoms. The van der Waals surface area contributed by atoms with Gasteiger partial charge in [-0.05, 0) is 54.3 Å². The van der Waals surface area contributed by atoms with E-state index in [0.717, 1.165) is 31.1 Å². The summed E-state index contributed by atoms with van der Waals surface area (Å²) in [5, 5.41) is 1.67. The summed E-state index contributed by atoms with van der Waals surface area (Å²) < 4.78 is 34.5. The summed E-state index contributed by atoms with van der Waals surface area (Å²) in [7, 11) is -4.26. The normalized spacial score (nSPS) is 12.0. The molecule has 3 nitrogen and oxygen atoms in total. The Labute approximate surface area is 298 Å². The average Bonchev–Trinajstić information content (AvgIpc) is 3.07. The van der Waals surface area contributed by atoms with Crippen LogP contribution in [0, 0.1) is 0 Å². The van der Waals surface area contributed by atoms with Crippen molar-refractivity contribution in [1.29, 1.82) is 0 Å². The largest absolute Gasteiger partial charge is 0.295 e. The van der Waals surface area contributed by atoms with Crippen LogP contribution in [0.2, 0.25) is 0 Å². The van der Waals surface area contributed by atoms with Crippen LogP contribution in [0.1, 0.15) is 218 Å². The molecule has 0 fully saturated rings. The molecule has 0 amide bonds. The van der Waals surface area contributed by atoms with Gasteiger partial charge in [-0.1, -0.05) is 212 Å². The fourth-order valence-electron chi connectivity index (χ4n) is 7.46. The van der Waals surface area contributed by atoms with Gasteiger partial charge in [0, 0.05) is 5.39 Å². The van der Waals surface area contributed by atoms with Crippen LogP contribution in [0.3, 0.4) is 0 Å². The van der Waals surface area contributed by atoms with Gasteiger partial charge in [0.1, 0.15) is 4.90 Å². The molecule has 2 aromatic carbocycles. The van der Waals surface area contributed by atoms with E-state index in [1.807, 2.05) is 12.1 Å². The van der Waals surface area contributed by atoms with Crippen LogP contribution >= 0.6 is 0 Å². The highest BCUT2D eigenvalue weighted by molar-refractivity contribution is 7.86. The lowest BCUT2D eigenvalue weighted by Crippen LogP contribution is -2.01. The third-order valence-electron chi connectivity index (χ3n) is 10.5. The first-order chi connectivity index (χ1) is 23.5. The maximum atomic E-state index is 12.2. The minimum absolute atomic E-state index is 0.0519. The number of rotatable bonds is 33. The second-order valence-corrected chi connectivity index (χ2v) is 16.4. The van der Waals surface area contributed by atoms with Crippen LogP contribution in [0.5, 0.6) is 0 Å². The fourth-order valence-corrected chi connectivity index (χ4v) is 8.16. The Balaban J connectivity index is 1.67. The van der Waals surface area contributed by atoms with E-state index in [0.29, 0.717) is 5.39 Å². The lowest BCUT2D eigenvalue weighted by atomic mass is 9.94. The summed E-state index contributed by atoms with van der Waals surface area (Å²) >= 11 is 0. The standard InChI is InChI=1S/C44H76O3S/c1-3-5-7-9-11-13-15-17-19-21-23-25-27-29-31-34-40-38-41(42-36-33-37-44(43(42)39-40)48(45,46)47)35-32-30-28-26-24-22-20-18-16-14-12-10-8-6-4-2/h33,36-39H,3-32,34-35H2,1-2H3,(H,45,46,47). The Hall–Kier alpha value is -1.39. The molecular formula is C44H76O3S. The first kappa shape index (κ1) is 42.8. The second kappa shape index (κ2) is 28.3. The van der Waals surface area contributed by atoms with Crippen LogP contribution in [0.15, 0.2) is 35.2 Å². The zero-order valence-corrected chi connectivity index (χ0v) is 32.5. The molecule has 0 atom stereocenters. The Kier molecular flexibility index (Phi) is 25.2. The molecule has 0 aromatic heterocycles. The SMILES string of the molecule is CCCCCCCCCCCCCCCCCc1cc(CCCCCCCCCCCCCCCCC)c2cccc(S(=O)(=O)O)c2c1. The van der Waals surface area contributed by atoms with Crippen LogP contribution in [0.25, 0.3) is 10.8 Å². The van der Waals surface area contributed by atoms with Crippen molar-refractivity contribution in [3.63, 3.8) is 0 Å². The monoisotopic (exact) mass is 685 g/mol. The third-order valence-corrected chi connectivity index (χ3v) is 11.4. The average molecular weight is 685 g/mol. The summed E-state index contributed by atoms with van der Waals surface area (Å²) in [5.41, 5.74) is 2.45. The fraction of sp³-hybridized carbons (Fsp3) is 0.773. The molecule has 0 saturated heterocycles. The molecule has 2 aromatic rings. The molecule has 0 saturated carbocycles. The first-order valence-electron chi connectivity index (χ1n) is 21.0. The van der Waals surface area contributed by atoms with Crippen molar-refractivity contribution in [1.82, 2.24) is 0 Å². The van der Waals surface area contributed by atoms with Gasteiger partial charge in [0.15, 0.2) is 0 Å². The minimum atomic E-state index is -4.26. The predicted molar refractivity (Wildman–Crippen MR) is 211 cm³/mol. The van der Waals surface area contributed by atoms with Crippen molar-refractivity contribution >= 4 is 20.9 Å². The van der Waals surface area contributed by atoms with E-state index in [-0.39, 0.29) is 4.90 Å².